The van der Waals surface area contributed by atoms with Crippen LogP contribution in [0.5, 0.6) is 0 Å². The van der Waals surface area contributed by atoms with E-state index in [1.165, 1.54) is 5.56 Å². The molecule has 1 aliphatic rings. The second-order valence-electron chi connectivity index (χ2n) is 5.63. The molecule has 0 radical (unpaired) electrons. The lowest BCUT2D eigenvalue weighted by molar-refractivity contribution is 0.116. The van der Waals surface area contributed by atoms with Crippen molar-refractivity contribution in [1.29, 1.82) is 0 Å². The molecule has 2 unspecified atom stereocenters. The molecular weight excluding hydrogens is 232 g/mol. The fourth-order valence-corrected chi connectivity index (χ4v) is 2.74. The zero-order chi connectivity index (χ0) is 13.7. The zero-order valence-electron chi connectivity index (χ0n) is 12.0. The van der Waals surface area contributed by atoms with Crippen molar-refractivity contribution in [3.63, 3.8) is 0 Å². The minimum absolute atomic E-state index is 0.449. The second kappa shape index (κ2) is 6.75. The molecule has 1 aliphatic heterocycles. The van der Waals surface area contributed by atoms with Crippen LogP contribution >= 0.6 is 0 Å². The van der Waals surface area contributed by atoms with Gasteiger partial charge in [-0.2, -0.15) is 0 Å². The Morgan fingerprint density at radius 2 is 2.11 bits per heavy atom. The highest BCUT2D eigenvalue weighted by Crippen LogP contribution is 2.25. The van der Waals surface area contributed by atoms with Gasteiger partial charge in [-0.25, -0.2) is 0 Å². The molecule has 102 valence electrons. The maximum absolute atomic E-state index is 5.43. The predicted molar refractivity (Wildman–Crippen MR) is 80.8 cm³/mol. The van der Waals surface area contributed by atoms with Gasteiger partial charge in [-0.3, -0.25) is 4.90 Å². The van der Waals surface area contributed by atoms with E-state index < -0.39 is 0 Å². The van der Waals surface area contributed by atoms with Gasteiger partial charge in [0.05, 0.1) is 0 Å². The number of nitrogens with zero attached hydrogens (tertiary/aromatic N) is 1. The van der Waals surface area contributed by atoms with Crippen molar-refractivity contribution < 1.29 is 0 Å². The molecule has 2 rings (SSSR count). The van der Waals surface area contributed by atoms with Crippen LogP contribution in [0.15, 0.2) is 30.3 Å². The first-order valence-corrected chi connectivity index (χ1v) is 7.18. The van der Waals surface area contributed by atoms with Gasteiger partial charge in [0, 0.05) is 38.1 Å². The molecule has 1 fully saturated rings. The van der Waals surface area contributed by atoms with Gasteiger partial charge in [0.15, 0.2) is 0 Å². The molecule has 2 nitrogen and oxygen atoms in total. The number of benzene rings is 1. The van der Waals surface area contributed by atoms with Crippen molar-refractivity contribution in [2.24, 2.45) is 5.92 Å². The summed E-state index contributed by atoms with van der Waals surface area (Å²) in [6.07, 6.45) is 6.26. The molecule has 1 aromatic carbocycles. The monoisotopic (exact) mass is 256 g/mol. The Morgan fingerprint density at radius 1 is 1.37 bits per heavy atom. The standard InChI is InChI=1S/C17H24N2/c1-4-5-11-19-13-16(14(2)3)18-12-17(19)15-9-7-6-8-10-15/h1,6-10,14,16-18H,5,11-13H2,2-3H3. The fraction of sp³-hybridized carbons (Fsp3) is 0.529. The van der Waals surface area contributed by atoms with Gasteiger partial charge in [-0.05, 0) is 11.5 Å². The van der Waals surface area contributed by atoms with Gasteiger partial charge in [0.1, 0.15) is 0 Å². The van der Waals surface area contributed by atoms with Crippen LogP contribution in [-0.2, 0) is 0 Å². The highest BCUT2D eigenvalue weighted by Gasteiger charge is 2.29. The average Bonchev–Trinajstić information content (AvgIpc) is 2.45. The molecule has 2 atom stereocenters. The molecule has 0 amide bonds. The number of terminal acetylenes is 1. The minimum Gasteiger partial charge on any atom is -0.311 e. The van der Waals surface area contributed by atoms with Gasteiger partial charge >= 0.3 is 0 Å². The highest BCUT2D eigenvalue weighted by molar-refractivity contribution is 5.20. The molecule has 1 N–H and O–H groups in total. The third kappa shape index (κ3) is 3.59. The first-order valence-electron chi connectivity index (χ1n) is 7.18. The van der Waals surface area contributed by atoms with Crippen molar-refractivity contribution in [2.45, 2.75) is 32.4 Å². The highest BCUT2D eigenvalue weighted by atomic mass is 15.2. The van der Waals surface area contributed by atoms with E-state index in [9.17, 15) is 0 Å². The van der Waals surface area contributed by atoms with Gasteiger partial charge < -0.3 is 5.32 Å². The quantitative estimate of drug-likeness (QED) is 0.833. The Balaban J connectivity index is 2.11. The molecule has 0 saturated carbocycles. The van der Waals surface area contributed by atoms with Crippen molar-refractivity contribution in [2.75, 3.05) is 19.6 Å². The average molecular weight is 256 g/mol. The molecular formula is C17H24N2. The maximum atomic E-state index is 5.43. The Labute approximate surface area is 117 Å². The van der Waals surface area contributed by atoms with Crippen LogP contribution in [0.3, 0.4) is 0 Å². The van der Waals surface area contributed by atoms with E-state index in [2.05, 4.69) is 60.3 Å². The number of nitrogens with one attached hydrogen (secondary N) is 1. The van der Waals surface area contributed by atoms with E-state index in [-0.39, 0.29) is 0 Å². The SMILES string of the molecule is C#CCCN1CC(C(C)C)NCC1c1ccccc1. The second-order valence-corrected chi connectivity index (χ2v) is 5.63. The lowest BCUT2D eigenvalue weighted by Gasteiger charge is -2.42. The van der Waals surface area contributed by atoms with Crippen LogP contribution in [0.4, 0.5) is 0 Å². The van der Waals surface area contributed by atoms with Crippen molar-refractivity contribution in [1.82, 2.24) is 10.2 Å². The Morgan fingerprint density at radius 3 is 2.74 bits per heavy atom. The first kappa shape index (κ1) is 14.1. The molecule has 0 aromatic heterocycles. The summed E-state index contributed by atoms with van der Waals surface area (Å²) in [6.45, 7) is 7.64. The Bertz CT molecular complexity index is 419. The summed E-state index contributed by atoms with van der Waals surface area (Å²) in [5.41, 5.74) is 1.38. The van der Waals surface area contributed by atoms with Crippen LogP contribution < -0.4 is 5.32 Å². The third-order valence-corrected chi connectivity index (χ3v) is 3.98. The molecule has 19 heavy (non-hydrogen) atoms. The molecule has 1 heterocycles. The van der Waals surface area contributed by atoms with E-state index >= 15 is 0 Å². The topological polar surface area (TPSA) is 15.3 Å². The Kier molecular flexibility index (Phi) is 5.01. The fourth-order valence-electron chi connectivity index (χ4n) is 2.74. The number of rotatable bonds is 4. The largest absolute Gasteiger partial charge is 0.311 e. The number of piperazine rings is 1. The molecule has 1 saturated heterocycles. The smallest absolute Gasteiger partial charge is 0.0473 e. The Hall–Kier alpha value is -1.30. The van der Waals surface area contributed by atoms with E-state index in [1.54, 1.807) is 0 Å². The number of hydrogen-bond acceptors (Lipinski definition) is 2. The van der Waals surface area contributed by atoms with Crippen molar-refractivity contribution in [3.05, 3.63) is 35.9 Å². The molecule has 0 bridgehead atoms. The summed E-state index contributed by atoms with van der Waals surface area (Å²) in [6, 6.07) is 11.7. The molecule has 0 spiro atoms. The van der Waals surface area contributed by atoms with E-state index in [0.717, 1.165) is 26.1 Å². The summed E-state index contributed by atoms with van der Waals surface area (Å²) in [5.74, 6) is 3.43. The van der Waals surface area contributed by atoms with Crippen LogP contribution in [-0.4, -0.2) is 30.6 Å². The van der Waals surface area contributed by atoms with Crippen molar-refractivity contribution in [3.8, 4) is 12.3 Å². The number of hydrogen-bond donors (Lipinski definition) is 1. The van der Waals surface area contributed by atoms with Crippen LogP contribution in [0.2, 0.25) is 0 Å². The van der Waals surface area contributed by atoms with Crippen LogP contribution in [0.1, 0.15) is 31.9 Å². The lowest BCUT2D eigenvalue weighted by atomic mass is 9.96. The van der Waals surface area contributed by atoms with Gasteiger partial charge in [-0.15, -0.1) is 12.3 Å². The van der Waals surface area contributed by atoms with Crippen molar-refractivity contribution >= 4 is 0 Å². The van der Waals surface area contributed by atoms with Crippen LogP contribution in [0, 0.1) is 18.3 Å². The van der Waals surface area contributed by atoms with Gasteiger partial charge in [0.25, 0.3) is 0 Å². The van der Waals surface area contributed by atoms with Crippen LogP contribution in [0.25, 0.3) is 0 Å². The predicted octanol–water partition coefficient (Wildman–Crippen LogP) is 2.68. The molecule has 0 aliphatic carbocycles. The van der Waals surface area contributed by atoms with E-state index in [0.29, 0.717) is 18.0 Å². The van der Waals surface area contributed by atoms with E-state index in [4.69, 9.17) is 6.42 Å². The third-order valence-electron chi connectivity index (χ3n) is 3.98. The minimum atomic E-state index is 0.449. The summed E-state index contributed by atoms with van der Waals surface area (Å²) in [4.78, 5) is 2.54. The summed E-state index contributed by atoms with van der Waals surface area (Å²) in [7, 11) is 0. The summed E-state index contributed by atoms with van der Waals surface area (Å²) in [5, 5.41) is 3.68. The van der Waals surface area contributed by atoms with E-state index in [1.807, 2.05) is 0 Å². The maximum Gasteiger partial charge on any atom is 0.0473 e. The first-order chi connectivity index (χ1) is 9.22. The molecule has 2 heteroatoms. The zero-order valence-corrected chi connectivity index (χ0v) is 12.0. The molecule has 1 aromatic rings. The lowest BCUT2D eigenvalue weighted by Crippen LogP contribution is -2.54. The summed E-state index contributed by atoms with van der Waals surface area (Å²) < 4.78 is 0. The van der Waals surface area contributed by atoms with Gasteiger partial charge in [0.2, 0.25) is 0 Å². The summed E-state index contributed by atoms with van der Waals surface area (Å²) >= 11 is 0. The van der Waals surface area contributed by atoms with Gasteiger partial charge in [-0.1, -0.05) is 44.2 Å². The normalized spacial score (nSPS) is 24.3.